The van der Waals surface area contributed by atoms with Crippen molar-refractivity contribution in [1.29, 1.82) is 0 Å². The summed E-state index contributed by atoms with van der Waals surface area (Å²) in [4.78, 5) is 24.5. The molecule has 0 spiro atoms. The summed E-state index contributed by atoms with van der Waals surface area (Å²) >= 11 is 13.2. The van der Waals surface area contributed by atoms with Gasteiger partial charge in [0, 0.05) is 18.7 Å². The predicted octanol–water partition coefficient (Wildman–Crippen LogP) is 3.99. The van der Waals surface area contributed by atoms with E-state index in [-0.39, 0.29) is 24.1 Å². The molecule has 3 aromatic rings. The topological polar surface area (TPSA) is 88.9 Å². The molecule has 10 heteroatoms. The number of rotatable bonds is 10. The molecule has 2 N–H and O–H groups in total. The number of carbonyl (C=O) groups excluding carboxylic acids is 2. The highest BCUT2D eigenvalue weighted by Crippen LogP contribution is 2.22. The minimum absolute atomic E-state index is 0.0638. The Balaban J connectivity index is 1.48. The molecule has 7 nitrogen and oxygen atoms in total. The lowest BCUT2D eigenvalue weighted by Crippen LogP contribution is -2.27. The Morgan fingerprint density at radius 1 is 1.03 bits per heavy atom. The van der Waals surface area contributed by atoms with Gasteiger partial charge in [-0.3, -0.25) is 9.59 Å². The average Bonchev–Trinajstić information content (AvgIpc) is 3.20. The second-order valence-corrected chi connectivity index (χ2v) is 8.59. The van der Waals surface area contributed by atoms with Gasteiger partial charge in [0.1, 0.15) is 0 Å². The molecule has 0 fully saturated rings. The molecule has 0 aliphatic carbocycles. The van der Waals surface area contributed by atoms with Crippen LogP contribution in [0.3, 0.4) is 0 Å². The van der Waals surface area contributed by atoms with Crippen LogP contribution in [0.1, 0.15) is 28.7 Å². The van der Waals surface area contributed by atoms with Gasteiger partial charge >= 0.3 is 0 Å². The maximum Gasteiger partial charge on any atom is 0.251 e. The van der Waals surface area contributed by atoms with Crippen LogP contribution in [0, 0.1) is 0 Å². The number of aromatic nitrogens is 3. The Labute approximate surface area is 200 Å². The molecule has 0 bridgehead atoms. The van der Waals surface area contributed by atoms with Gasteiger partial charge in [-0.15, -0.1) is 10.2 Å². The van der Waals surface area contributed by atoms with Gasteiger partial charge in [-0.2, -0.15) is 0 Å². The summed E-state index contributed by atoms with van der Waals surface area (Å²) in [7, 11) is 0. The second-order valence-electron chi connectivity index (χ2n) is 6.83. The number of hydrogen-bond donors (Lipinski definition) is 2. The predicted molar refractivity (Wildman–Crippen MR) is 127 cm³/mol. The van der Waals surface area contributed by atoms with Crippen LogP contribution in [0.5, 0.6) is 0 Å². The van der Waals surface area contributed by atoms with Crippen molar-refractivity contribution in [2.75, 3.05) is 12.3 Å². The first-order chi connectivity index (χ1) is 15.5. The van der Waals surface area contributed by atoms with Crippen LogP contribution in [0.15, 0.2) is 53.7 Å². The van der Waals surface area contributed by atoms with E-state index in [0.717, 1.165) is 6.42 Å². The van der Waals surface area contributed by atoms with E-state index in [1.54, 1.807) is 12.1 Å². The van der Waals surface area contributed by atoms with Gasteiger partial charge in [-0.05, 0) is 37.1 Å². The Hall–Kier alpha value is -2.55. The second kappa shape index (κ2) is 11.9. The molecular weight excluding hydrogens is 469 g/mol. The van der Waals surface area contributed by atoms with Gasteiger partial charge in [-0.25, -0.2) is 0 Å². The zero-order chi connectivity index (χ0) is 22.9. The molecule has 0 unspecified atom stereocenters. The summed E-state index contributed by atoms with van der Waals surface area (Å²) in [5, 5.41) is 15.4. The smallest absolute Gasteiger partial charge is 0.251 e. The van der Waals surface area contributed by atoms with E-state index >= 15 is 0 Å². The molecule has 0 aliphatic rings. The molecule has 0 atom stereocenters. The summed E-state index contributed by atoms with van der Waals surface area (Å²) < 4.78 is 1.87. The van der Waals surface area contributed by atoms with Crippen molar-refractivity contribution in [2.45, 2.75) is 31.6 Å². The number of benzene rings is 2. The molecule has 168 valence electrons. The van der Waals surface area contributed by atoms with Crippen molar-refractivity contribution in [3.63, 3.8) is 0 Å². The summed E-state index contributed by atoms with van der Waals surface area (Å²) in [6.07, 6.45) is 0.783. The normalized spacial score (nSPS) is 10.7. The van der Waals surface area contributed by atoms with Gasteiger partial charge in [0.25, 0.3) is 5.91 Å². The lowest BCUT2D eigenvalue weighted by atomic mass is 10.1. The fourth-order valence-corrected chi connectivity index (χ4v) is 4.09. The molecular formula is C22H23Cl2N5O2S. The summed E-state index contributed by atoms with van der Waals surface area (Å²) in [5.74, 6) is 0.489. The molecule has 1 heterocycles. The maximum atomic E-state index is 12.4. The quantitative estimate of drug-likeness (QED) is 0.418. The number of hydrogen-bond acceptors (Lipinski definition) is 5. The van der Waals surface area contributed by atoms with Crippen LogP contribution in [-0.2, 0) is 24.3 Å². The largest absolute Gasteiger partial charge is 0.355 e. The molecule has 1 aromatic heterocycles. The van der Waals surface area contributed by atoms with Crippen molar-refractivity contribution >= 4 is 46.8 Å². The number of amides is 2. The van der Waals surface area contributed by atoms with Crippen LogP contribution < -0.4 is 10.6 Å². The van der Waals surface area contributed by atoms with Crippen LogP contribution in [0.4, 0.5) is 0 Å². The van der Waals surface area contributed by atoms with E-state index in [4.69, 9.17) is 23.2 Å². The van der Waals surface area contributed by atoms with Crippen LogP contribution >= 0.6 is 35.0 Å². The Bertz CT molecular complexity index is 1080. The number of thioether (sulfide) groups is 1. The highest BCUT2D eigenvalue weighted by atomic mass is 35.5. The number of nitrogens with one attached hydrogen (secondary N) is 2. The van der Waals surface area contributed by atoms with Crippen molar-refractivity contribution in [3.8, 4) is 0 Å². The van der Waals surface area contributed by atoms with Crippen molar-refractivity contribution in [2.24, 2.45) is 0 Å². The van der Waals surface area contributed by atoms with Crippen LogP contribution in [0.25, 0.3) is 0 Å². The van der Waals surface area contributed by atoms with Gasteiger partial charge < -0.3 is 15.2 Å². The third-order valence-corrected chi connectivity index (χ3v) is 6.32. The summed E-state index contributed by atoms with van der Waals surface area (Å²) in [5.41, 5.74) is 1.59. The third-order valence-electron chi connectivity index (χ3n) is 4.61. The van der Waals surface area contributed by atoms with E-state index in [9.17, 15) is 9.59 Å². The van der Waals surface area contributed by atoms with Gasteiger partial charge in [-0.1, -0.05) is 65.3 Å². The fraction of sp³-hybridized carbons (Fsp3) is 0.273. The summed E-state index contributed by atoms with van der Waals surface area (Å²) in [6.45, 7) is 3.35. The minimum atomic E-state index is -0.291. The lowest BCUT2D eigenvalue weighted by molar-refractivity contribution is -0.118. The molecule has 0 radical (unpaired) electrons. The highest BCUT2D eigenvalue weighted by Gasteiger charge is 2.15. The fourth-order valence-electron chi connectivity index (χ4n) is 2.95. The molecule has 0 saturated carbocycles. The van der Waals surface area contributed by atoms with Gasteiger partial charge in [0.2, 0.25) is 5.91 Å². The molecule has 32 heavy (non-hydrogen) atoms. The Morgan fingerprint density at radius 2 is 1.81 bits per heavy atom. The van der Waals surface area contributed by atoms with Gasteiger partial charge in [0.15, 0.2) is 11.0 Å². The molecule has 0 saturated heterocycles. The van der Waals surface area contributed by atoms with Crippen molar-refractivity contribution in [1.82, 2.24) is 25.4 Å². The molecule has 2 amide bonds. The molecule has 2 aromatic carbocycles. The third kappa shape index (κ3) is 6.72. The first-order valence-corrected chi connectivity index (χ1v) is 11.8. The number of nitrogens with zero attached hydrogens (tertiary/aromatic N) is 3. The minimum Gasteiger partial charge on any atom is -0.355 e. The van der Waals surface area contributed by atoms with Crippen molar-refractivity contribution < 1.29 is 9.59 Å². The lowest BCUT2D eigenvalue weighted by Gasteiger charge is -2.09. The van der Waals surface area contributed by atoms with Crippen LogP contribution in [0.2, 0.25) is 10.0 Å². The monoisotopic (exact) mass is 491 g/mol. The Morgan fingerprint density at radius 3 is 2.53 bits per heavy atom. The molecule has 0 aliphatic heterocycles. The van der Waals surface area contributed by atoms with Gasteiger partial charge in [0.05, 0.1) is 22.3 Å². The van der Waals surface area contributed by atoms with E-state index in [1.807, 2.05) is 41.8 Å². The first kappa shape index (κ1) is 24.1. The van der Waals surface area contributed by atoms with E-state index in [0.29, 0.717) is 39.7 Å². The average molecular weight is 492 g/mol. The summed E-state index contributed by atoms with van der Waals surface area (Å²) in [6, 6.07) is 14.7. The molecule has 3 rings (SSSR count). The standard InChI is InChI=1S/C22H23Cl2N5O2S/c1-2-29-19(13-26-21(31)16-8-9-17(23)18(24)12-16)27-28-22(29)32-14-20(30)25-11-10-15-6-4-3-5-7-15/h3-9,12H,2,10-11,13-14H2,1H3,(H,25,30)(H,26,31). The van der Waals surface area contributed by atoms with E-state index in [1.165, 1.54) is 23.4 Å². The zero-order valence-electron chi connectivity index (χ0n) is 17.5. The van der Waals surface area contributed by atoms with E-state index < -0.39 is 0 Å². The number of halogens is 2. The SMILES string of the molecule is CCn1c(CNC(=O)c2ccc(Cl)c(Cl)c2)nnc1SCC(=O)NCCc1ccccc1. The first-order valence-electron chi connectivity index (χ1n) is 10.1. The Kier molecular flexibility index (Phi) is 8.96. The van der Waals surface area contributed by atoms with Crippen molar-refractivity contribution in [3.05, 3.63) is 75.5 Å². The number of carbonyl (C=O) groups is 2. The van der Waals surface area contributed by atoms with Crippen LogP contribution in [-0.4, -0.2) is 38.9 Å². The maximum absolute atomic E-state index is 12.4. The zero-order valence-corrected chi connectivity index (χ0v) is 19.8. The van der Waals surface area contributed by atoms with E-state index in [2.05, 4.69) is 20.8 Å². The highest BCUT2D eigenvalue weighted by molar-refractivity contribution is 7.99.